The third-order valence-corrected chi connectivity index (χ3v) is 5.00. The first-order valence-electron chi connectivity index (χ1n) is 8.81. The smallest absolute Gasteiger partial charge is 0.234 e. The van der Waals surface area contributed by atoms with Crippen LogP contribution in [0.5, 0.6) is 11.5 Å². The van der Waals surface area contributed by atoms with Gasteiger partial charge in [0.25, 0.3) is 0 Å². The SMILES string of the molecule is CCOc1ccccc1NC(=O)CSc1nnc(-c2ccccc2OC)n1C. The number of ether oxygens (including phenoxy) is 2. The summed E-state index contributed by atoms with van der Waals surface area (Å²) >= 11 is 1.32. The lowest BCUT2D eigenvalue weighted by atomic mass is 10.2. The van der Waals surface area contributed by atoms with Crippen molar-refractivity contribution < 1.29 is 14.3 Å². The van der Waals surface area contributed by atoms with Crippen molar-refractivity contribution in [1.82, 2.24) is 14.8 Å². The van der Waals surface area contributed by atoms with Gasteiger partial charge in [0.1, 0.15) is 11.5 Å². The first-order chi connectivity index (χ1) is 13.6. The summed E-state index contributed by atoms with van der Waals surface area (Å²) < 4.78 is 12.8. The number of hydrogen-bond donors (Lipinski definition) is 1. The van der Waals surface area contributed by atoms with Crippen LogP contribution < -0.4 is 14.8 Å². The summed E-state index contributed by atoms with van der Waals surface area (Å²) in [7, 11) is 3.49. The van der Waals surface area contributed by atoms with Crippen molar-refractivity contribution in [3.8, 4) is 22.9 Å². The zero-order valence-electron chi connectivity index (χ0n) is 16.0. The Morgan fingerprint density at radius 2 is 1.82 bits per heavy atom. The number of nitrogens with one attached hydrogen (secondary N) is 1. The first kappa shape index (κ1) is 19.8. The van der Waals surface area contributed by atoms with Crippen molar-refractivity contribution in [2.45, 2.75) is 12.1 Å². The Bertz CT molecular complexity index is 958. The Morgan fingerprint density at radius 3 is 2.57 bits per heavy atom. The minimum Gasteiger partial charge on any atom is -0.496 e. The van der Waals surface area contributed by atoms with Crippen molar-refractivity contribution in [2.24, 2.45) is 7.05 Å². The summed E-state index contributed by atoms with van der Waals surface area (Å²) in [5, 5.41) is 12.0. The molecule has 0 atom stereocenters. The van der Waals surface area contributed by atoms with Gasteiger partial charge in [0.2, 0.25) is 5.91 Å². The Morgan fingerprint density at radius 1 is 1.11 bits per heavy atom. The summed E-state index contributed by atoms with van der Waals surface area (Å²) in [6.45, 7) is 2.44. The molecule has 3 rings (SSSR count). The van der Waals surface area contributed by atoms with Crippen LogP contribution in [0, 0.1) is 0 Å². The molecule has 0 spiro atoms. The maximum atomic E-state index is 12.4. The van der Waals surface area contributed by atoms with Gasteiger partial charge in [-0.2, -0.15) is 0 Å². The van der Waals surface area contributed by atoms with E-state index in [1.807, 2.05) is 67.1 Å². The Balaban J connectivity index is 1.67. The topological polar surface area (TPSA) is 78.3 Å². The van der Waals surface area contributed by atoms with Crippen LogP contribution in [0.1, 0.15) is 6.92 Å². The number of hydrogen-bond acceptors (Lipinski definition) is 6. The van der Waals surface area contributed by atoms with Crippen LogP contribution >= 0.6 is 11.8 Å². The quantitative estimate of drug-likeness (QED) is 0.584. The van der Waals surface area contributed by atoms with Crippen LogP contribution in [0.15, 0.2) is 53.7 Å². The van der Waals surface area contributed by atoms with Gasteiger partial charge in [0, 0.05) is 7.05 Å². The lowest BCUT2D eigenvalue weighted by Crippen LogP contribution is -2.15. The van der Waals surface area contributed by atoms with Gasteiger partial charge in [-0.1, -0.05) is 36.0 Å². The van der Waals surface area contributed by atoms with E-state index < -0.39 is 0 Å². The van der Waals surface area contributed by atoms with E-state index in [0.29, 0.717) is 29.0 Å². The van der Waals surface area contributed by atoms with E-state index in [4.69, 9.17) is 9.47 Å². The van der Waals surface area contributed by atoms with Gasteiger partial charge in [-0.25, -0.2) is 0 Å². The second-order valence-electron chi connectivity index (χ2n) is 5.83. The number of benzene rings is 2. The van der Waals surface area contributed by atoms with E-state index in [1.54, 1.807) is 7.11 Å². The van der Waals surface area contributed by atoms with E-state index in [-0.39, 0.29) is 11.7 Å². The molecule has 28 heavy (non-hydrogen) atoms. The van der Waals surface area contributed by atoms with E-state index in [1.165, 1.54) is 11.8 Å². The standard InChI is InChI=1S/C20H22N4O3S/c1-4-27-17-12-8-6-10-15(17)21-18(25)13-28-20-23-22-19(24(20)2)14-9-5-7-11-16(14)26-3/h5-12H,4,13H2,1-3H3,(H,21,25). The fourth-order valence-electron chi connectivity index (χ4n) is 2.67. The van der Waals surface area contributed by atoms with Crippen LogP contribution in [-0.2, 0) is 11.8 Å². The molecule has 1 heterocycles. The summed E-state index contributed by atoms with van der Waals surface area (Å²) in [6, 6.07) is 15.0. The number of rotatable bonds is 8. The molecule has 0 saturated carbocycles. The molecule has 7 nitrogen and oxygen atoms in total. The van der Waals surface area contributed by atoms with Gasteiger partial charge < -0.3 is 19.4 Å². The highest BCUT2D eigenvalue weighted by Crippen LogP contribution is 2.30. The molecule has 1 N–H and O–H groups in total. The van der Waals surface area contributed by atoms with Crippen LogP contribution in [0.4, 0.5) is 5.69 Å². The molecule has 146 valence electrons. The number of aromatic nitrogens is 3. The predicted octanol–water partition coefficient (Wildman–Crippen LogP) is 3.62. The van der Waals surface area contributed by atoms with Crippen LogP contribution in [0.2, 0.25) is 0 Å². The highest BCUT2D eigenvalue weighted by atomic mass is 32.2. The van der Waals surface area contributed by atoms with Gasteiger partial charge in [0.15, 0.2) is 11.0 Å². The number of para-hydroxylation sites is 3. The van der Waals surface area contributed by atoms with Crippen LogP contribution in [0.3, 0.4) is 0 Å². The molecule has 0 fully saturated rings. The van der Waals surface area contributed by atoms with Crippen LogP contribution in [0.25, 0.3) is 11.4 Å². The third-order valence-electron chi connectivity index (χ3n) is 3.98. The van der Waals surface area contributed by atoms with Gasteiger partial charge >= 0.3 is 0 Å². The maximum absolute atomic E-state index is 12.4. The molecule has 1 aromatic heterocycles. The second-order valence-corrected chi connectivity index (χ2v) is 6.77. The molecule has 3 aromatic rings. The van der Waals surface area contributed by atoms with Gasteiger partial charge in [-0.15, -0.1) is 10.2 Å². The number of anilines is 1. The van der Waals surface area contributed by atoms with Crippen molar-refractivity contribution >= 4 is 23.4 Å². The Kier molecular flexibility index (Phi) is 6.54. The Hall–Kier alpha value is -3.00. The summed E-state index contributed by atoms with van der Waals surface area (Å²) in [5.41, 5.74) is 1.50. The minimum absolute atomic E-state index is 0.140. The fourth-order valence-corrected chi connectivity index (χ4v) is 3.38. The lowest BCUT2D eigenvalue weighted by molar-refractivity contribution is -0.113. The van der Waals surface area contributed by atoms with Gasteiger partial charge in [-0.05, 0) is 31.2 Å². The number of amides is 1. The first-order valence-corrected chi connectivity index (χ1v) is 9.79. The number of carbonyl (C=O) groups is 1. The molecule has 2 aromatic carbocycles. The molecular formula is C20H22N4O3S. The molecule has 1 amide bonds. The van der Waals surface area contributed by atoms with E-state index in [9.17, 15) is 4.79 Å². The second kappa shape index (κ2) is 9.27. The highest BCUT2D eigenvalue weighted by molar-refractivity contribution is 7.99. The third kappa shape index (κ3) is 4.45. The molecule has 8 heteroatoms. The van der Waals surface area contributed by atoms with Gasteiger partial charge in [-0.3, -0.25) is 4.79 Å². The average Bonchev–Trinajstić information content (AvgIpc) is 3.08. The number of nitrogens with zero attached hydrogens (tertiary/aromatic N) is 3. The molecule has 0 aliphatic carbocycles. The molecule has 0 aliphatic rings. The molecule has 0 radical (unpaired) electrons. The largest absolute Gasteiger partial charge is 0.496 e. The predicted molar refractivity (Wildman–Crippen MR) is 110 cm³/mol. The van der Waals surface area contributed by atoms with Crippen molar-refractivity contribution in [3.63, 3.8) is 0 Å². The maximum Gasteiger partial charge on any atom is 0.234 e. The monoisotopic (exact) mass is 398 g/mol. The lowest BCUT2D eigenvalue weighted by Gasteiger charge is -2.11. The summed E-state index contributed by atoms with van der Waals surface area (Å²) in [4.78, 5) is 12.4. The fraction of sp³-hybridized carbons (Fsp3) is 0.250. The summed E-state index contributed by atoms with van der Waals surface area (Å²) in [6.07, 6.45) is 0. The number of carbonyl (C=O) groups excluding carboxylic acids is 1. The zero-order valence-corrected chi connectivity index (χ0v) is 16.8. The Labute approximate surface area is 168 Å². The van der Waals surface area contributed by atoms with E-state index >= 15 is 0 Å². The van der Waals surface area contributed by atoms with Gasteiger partial charge in [0.05, 0.1) is 30.7 Å². The molecule has 0 aliphatic heterocycles. The average molecular weight is 398 g/mol. The minimum atomic E-state index is -0.140. The molecule has 0 bridgehead atoms. The van der Waals surface area contributed by atoms with Crippen molar-refractivity contribution in [3.05, 3.63) is 48.5 Å². The zero-order chi connectivity index (χ0) is 19.9. The normalized spacial score (nSPS) is 10.5. The molecular weight excluding hydrogens is 376 g/mol. The number of methoxy groups -OCH3 is 1. The van der Waals surface area contributed by atoms with E-state index in [0.717, 1.165) is 11.3 Å². The highest BCUT2D eigenvalue weighted by Gasteiger charge is 2.16. The van der Waals surface area contributed by atoms with E-state index in [2.05, 4.69) is 15.5 Å². The van der Waals surface area contributed by atoms with Crippen molar-refractivity contribution in [2.75, 3.05) is 24.8 Å². The van der Waals surface area contributed by atoms with Crippen molar-refractivity contribution in [1.29, 1.82) is 0 Å². The van der Waals surface area contributed by atoms with Crippen LogP contribution in [-0.4, -0.2) is 40.1 Å². The number of thioether (sulfide) groups is 1. The summed E-state index contributed by atoms with van der Waals surface area (Å²) in [5.74, 6) is 2.12. The molecule has 0 unspecified atom stereocenters. The molecule has 0 saturated heterocycles.